The van der Waals surface area contributed by atoms with Crippen LogP contribution in [0.3, 0.4) is 0 Å². The molecule has 1 amide bonds. The maximum Gasteiger partial charge on any atom is 0.248 e. The summed E-state index contributed by atoms with van der Waals surface area (Å²) in [6.45, 7) is 4.56. The monoisotopic (exact) mass is 330 g/mol. The van der Waals surface area contributed by atoms with Crippen LogP contribution in [0.15, 0.2) is 42.6 Å². The number of methoxy groups -OCH3 is 2. The molecule has 0 radical (unpaired) electrons. The van der Waals surface area contributed by atoms with Crippen LogP contribution in [-0.2, 0) is 27.4 Å². The lowest BCUT2D eigenvalue weighted by molar-refractivity contribution is -0.136. The van der Waals surface area contributed by atoms with Crippen molar-refractivity contribution in [3.8, 4) is 0 Å². The van der Waals surface area contributed by atoms with Gasteiger partial charge >= 0.3 is 0 Å². The largest absolute Gasteiger partial charge is 0.383 e. The summed E-state index contributed by atoms with van der Waals surface area (Å²) in [6, 6.07) is 12.6. The Balaban J connectivity index is 2.08. The van der Waals surface area contributed by atoms with Gasteiger partial charge in [-0.3, -0.25) is 4.79 Å². The number of ether oxygens (including phenoxy) is 2. The molecule has 130 valence electrons. The second-order valence-corrected chi connectivity index (χ2v) is 5.85. The quantitative estimate of drug-likeness (QED) is 0.709. The third kappa shape index (κ3) is 5.22. The summed E-state index contributed by atoms with van der Waals surface area (Å²) in [5.74, 6) is -0.0300. The number of amides is 1. The van der Waals surface area contributed by atoms with Crippen molar-refractivity contribution in [1.82, 2.24) is 9.47 Å². The van der Waals surface area contributed by atoms with Crippen LogP contribution in [0.25, 0.3) is 0 Å². The first-order valence-corrected chi connectivity index (χ1v) is 8.09. The zero-order chi connectivity index (χ0) is 17.4. The third-order valence-electron chi connectivity index (χ3n) is 3.94. The van der Waals surface area contributed by atoms with Crippen molar-refractivity contribution in [2.24, 2.45) is 0 Å². The van der Waals surface area contributed by atoms with E-state index < -0.39 is 0 Å². The first-order valence-electron chi connectivity index (χ1n) is 8.09. The molecule has 0 atom stereocenters. The fourth-order valence-corrected chi connectivity index (χ4v) is 2.54. The Hall–Kier alpha value is -2.11. The standard InChI is InChI=1S/C19H26N2O3/c1-16-6-8-17(9-7-16)13-20-10-4-5-18(20)14-21(11-12-23-2)19(22)15-24-3/h4-10H,11-15H2,1-3H3. The third-order valence-corrected chi connectivity index (χ3v) is 3.94. The maximum atomic E-state index is 12.2. The smallest absolute Gasteiger partial charge is 0.248 e. The average molecular weight is 330 g/mol. The summed E-state index contributed by atoms with van der Waals surface area (Å²) in [4.78, 5) is 14.0. The van der Waals surface area contributed by atoms with Gasteiger partial charge < -0.3 is 18.9 Å². The molecule has 0 N–H and O–H groups in total. The predicted octanol–water partition coefficient (Wildman–Crippen LogP) is 2.47. The van der Waals surface area contributed by atoms with Gasteiger partial charge in [-0.15, -0.1) is 0 Å². The van der Waals surface area contributed by atoms with E-state index in [1.54, 1.807) is 12.0 Å². The molecule has 0 saturated heterocycles. The van der Waals surface area contributed by atoms with Crippen molar-refractivity contribution in [3.05, 3.63) is 59.4 Å². The molecule has 0 unspecified atom stereocenters. The number of hydrogen-bond donors (Lipinski definition) is 0. The molecule has 24 heavy (non-hydrogen) atoms. The SMILES string of the molecule is COCCN(Cc1cccn1Cc1ccc(C)cc1)C(=O)COC. The van der Waals surface area contributed by atoms with E-state index in [1.807, 2.05) is 18.3 Å². The number of nitrogens with zero attached hydrogens (tertiary/aromatic N) is 2. The molecule has 0 aliphatic heterocycles. The minimum atomic E-state index is -0.0300. The second-order valence-electron chi connectivity index (χ2n) is 5.85. The van der Waals surface area contributed by atoms with Crippen molar-refractivity contribution >= 4 is 5.91 Å². The Morgan fingerprint density at radius 2 is 1.88 bits per heavy atom. The molecule has 0 fully saturated rings. The van der Waals surface area contributed by atoms with Gasteiger partial charge in [0, 0.05) is 39.2 Å². The van der Waals surface area contributed by atoms with Crippen molar-refractivity contribution in [1.29, 1.82) is 0 Å². The minimum absolute atomic E-state index is 0.0300. The molecular weight excluding hydrogens is 304 g/mol. The molecule has 1 aromatic carbocycles. The van der Waals surface area contributed by atoms with E-state index in [0.29, 0.717) is 19.7 Å². The molecule has 1 aromatic heterocycles. The fraction of sp³-hybridized carbons (Fsp3) is 0.421. The highest BCUT2D eigenvalue weighted by atomic mass is 16.5. The number of aryl methyl sites for hydroxylation is 1. The predicted molar refractivity (Wildman–Crippen MR) is 93.9 cm³/mol. The molecule has 0 aliphatic carbocycles. The lowest BCUT2D eigenvalue weighted by Gasteiger charge is -2.23. The highest BCUT2D eigenvalue weighted by Crippen LogP contribution is 2.12. The molecule has 2 aromatic rings. The van der Waals surface area contributed by atoms with E-state index in [2.05, 4.69) is 35.8 Å². The molecule has 2 rings (SSSR count). The van der Waals surface area contributed by atoms with E-state index in [0.717, 1.165) is 12.2 Å². The van der Waals surface area contributed by atoms with E-state index in [4.69, 9.17) is 9.47 Å². The van der Waals surface area contributed by atoms with Crippen LogP contribution >= 0.6 is 0 Å². The van der Waals surface area contributed by atoms with Gasteiger partial charge in [0.05, 0.1) is 13.2 Å². The van der Waals surface area contributed by atoms with Gasteiger partial charge in [-0.25, -0.2) is 0 Å². The van der Waals surface area contributed by atoms with Gasteiger partial charge in [0.25, 0.3) is 0 Å². The Morgan fingerprint density at radius 1 is 1.12 bits per heavy atom. The number of carbonyl (C=O) groups is 1. The van der Waals surface area contributed by atoms with Crippen LogP contribution in [0.4, 0.5) is 0 Å². The highest BCUT2D eigenvalue weighted by molar-refractivity contribution is 5.77. The summed E-state index contributed by atoms with van der Waals surface area (Å²) in [5.41, 5.74) is 3.59. The first-order chi connectivity index (χ1) is 11.6. The molecule has 0 aliphatic rings. The van der Waals surface area contributed by atoms with Gasteiger partial charge in [-0.05, 0) is 24.6 Å². The van der Waals surface area contributed by atoms with Crippen LogP contribution in [-0.4, -0.2) is 49.4 Å². The molecule has 5 heteroatoms. The van der Waals surface area contributed by atoms with Crippen LogP contribution < -0.4 is 0 Å². The summed E-state index contributed by atoms with van der Waals surface area (Å²) in [5, 5.41) is 0. The van der Waals surface area contributed by atoms with Gasteiger partial charge in [0.15, 0.2) is 0 Å². The number of benzene rings is 1. The van der Waals surface area contributed by atoms with Crippen LogP contribution in [0, 0.1) is 6.92 Å². The average Bonchev–Trinajstić information content (AvgIpc) is 3.00. The summed E-state index contributed by atoms with van der Waals surface area (Å²) in [6.07, 6.45) is 2.05. The molecule has 0 bridgehead atoms. The van der Waals surface area contributed by atoms with Crippen LogP contribution in [0.1, 0.15) is 16.8 Å². The Labute approximate surface area is 143 Å². The maximum absolute atomic E-state index is 12.2. The van der Waals surface area contributed by atoms with Gasteiger partial charge in [0.2, 0.25) is 5.91 Å². The van der Waals surface area contributed by atoms with Crippen molar-refractivity contribution in [2.75, 3.05) is 34.0 Å². The normalized spacial score (nSPS) is 10.8. The Bertz CT molecular complexity index is 634. The van der Waals surface area contributed by atoms with E-state index in [1.165, 1.54) is 18.2 Å². The van der Waals surface area contributed by atoms with E-state index in [9.17, 15) is 4.79 Å². The highest BCUT2D eigenvalue weighted by Gasteiger charge is 2.15. The minimum Gasteiger partial charge on any atom is -0.383 e. The zero-order valence-corrected chi connectivity index (χ0v) is 14.7. The molecule has 1 heterocycles. The lowest BCUT2D eigenvalue weighted by atomic mass is 10.1. The summed E-state index contributed by atoms with van der Waals surface area (Å²) < 4.78 is 12.3. The Morgan fingerprint density at radius 3 is 2.54 bits per heavy atom. The Kier molecular flexibility index (Phi) is 7.03. The number of hydrogen-bond acceptors (Lipinski definition) is 3. The summed E-state index contributed by atoms with van der Waals surface area (Å²) >= 11 is 0. The molecule has 0 saturated carbocycles. The van der Waals surface area contributed by atoms with E-state index in [-0.39, 0.29) is 12.5 Å². The van der Waals surface area contributed by atoms with Gasteiger partial charge in [-0.2, -0.15) is 0 Å². The zero-order valence-electron chi connectivity index (χ0n) is 14.7. The summed E-state index contributed by atoms with van der Waals surface area (Å²) in [7, 11) is 3.17. The topological polar surface area (TPSA) is 43.7 Å². The fourth-order valence-electron chi connectivity index (χ4n) is 2.54. The lowest BCUT2D eigenvalue weighted by Crippen LogP contribution is -2.36. The first kappa shape index (κ1) is 18.2. The van der Waals surface area contributed by atoms with Gasteiger partial charge in [-0.1, -0.05) is 29.8 Å². The van der Waals surface area contributed by atoms with Crippen molar-refractivity contribution in [3.63, 3.8) is 0 Å². The molecule has 5 nitrogen and oxygen atoms in total. The number of aromatic nitrogens is 1. The van der Waals surface area contributed by atoms with Crippen molar-refractivity contribution < 1.29 is 14.3 Å². The van der Waals surface area contributed by atoms with Crippen molar-refractivity contribution in [2.45, 2.75) is 20.0 Å². The van der Waals surface area contributed by atoms with Crippen LogP contribution in [0.5, 0.6) is 0 Å². The molecular formula is C19H26N2O3. The second kappa shape index (κ2) is 9.25. The number of carbonyl (C=O) groups excluding carboxylic acids is 1. The number of rotatable bonds is 9. The van der Waals surface area contributed by atoms with Crippen LogP contribution in [0.2, 0.25) is 0 Å². The van der Waals surface area contributed by atoms with E-state index >= 15 is 0 Å². The van der Waals surface area contributed by atoms with Gasteiger partial charge in [0.1, 0.15) is 6.61 Å². The molecule has 0 spiro atoms.